The van der Waals surface area contributed by atoms with Crippen LogP contribution in [0.15, 0.2) is 30.3 Å². The number of thiophene rings is 1. The Morgan fingerprint density at radius 3 is 2.56 bits per heavy atom. The average molecular weight is 384 g/mol. The largest absolute Gasteiger partial charge is 0.497 e. The van der Waals surface area contributed by atoms with Crippen LogP contribution in [-0.2, 0) is 9.53 Å². The zero-order chi connectivity index (χ0) is 18.4. The Morgan fingerprint density at radius 2 is 1.96 bits per heavy atom. The van der Waals surface area contributed by atoms with E-state index in [1.54, 1.807) is 51.5 Å². The Balaban J connectivity index is 1.95. The molecular formula is C17H18ClNO5S. The number of carbonyl (C=O) groups is 2. The lowest BCUT2D eigenvalue weighted by atomic mass is 10.1. The Bertz CT molecular complexity index is 761. The zero-order valence-electron chi connectivity index (χ0n) is 14.0. The summed E-state index contributed by atoms with van der Waals surface area (Å²) in [6, 6.07) is 8.11. The third-order valence-corrected chi connectivity index (χ3v) is 4.60. The van der Waals surface area contributed by atoms with Crippen molar-refractivity contribution in [3.63, 3.8) is 0 Å². The van der Waals surface area contributed by atoms with Gasteiger partial charge in [0.2, 0.25) is 0 Å². The molecule has 25 heavy (non-hydrogen) atoms. The van der Waals surface area contributed by atoms with E-state index in [1.165, 1.54) is 0 Å². The summed E-state index contributed by atoms with van der Waals surface area (Å²) in [6.45, 7) is 1.42. The van der Waals surface area contributed by atoms with E-state index in [4.69, 9.17) is 25.8 Å². The van der Waals surface area contributed by atoms with E-state index >= 15 is 0 Å². The summed E-state index contributed by atoms with van der Waals surface area (Å²) >= 11 is 6.86. The number of carbonyl (C=O) groups excluding carboxylic acids is 2. The molecule has 0 radical (unpaired) electrons. The van der Waals surface area contributed by atoms with Crippen LogP contribution in [0.2, 0.25) is 4.34 Å². The molecule has 0 spiro atoms. The number of halogens is 1. The summed E-state index contributed by atoms with van der Waals surface area (Å²) in [7, 11) is 3.11. The van der Waals surface area contributed by atoms with Crippen LogP contribution >= 0.6 is 22.9 Å². The number of hydrogen-bond donors (Lipinski definition) is 1. The van der Waals surface area contributed by atoms with Gasteiger partial charge in [-0.25, -0.2) is 4.79 Å². The number of methoxy groups -OCH3 is 2. The smallest absolute Gasteiger partial charge is 0.348 e. The van der Waals surface area contributed by atoms with Gasteiger partial charge in [0.1, 0.15) is 16.4 Å². The maximum absolute atomic E-state index is 12.0. The molecule has 1 N–H and O–H groups in total. The lowest BCUT2D eigenvalue weighted by Gasteiger charge is -2.18. The second kappa shape index (κ2) is 8.73. The van der Waals surface area contributed by atoms with Crippen molar-refractivity contribution in [3.05, 3.63) is 45.1 Å². The second-order valence-corrected chi connectivity index (χ2v) is 6.79. The lowest BCUT2D eigenvalue weighted by Crippen LogP contribution is -2.31. The molecule has 8 heteroatoms. The molecule has 0 aliphatic carbocycles. The van der Waals surface area contributed by atoms with Crippen molar-refractivity contribution < 1.29 is 23.8 Å². The molecule has 0 saturated carbocycles. The molecule has 134 valence electrons. The van der Waals surface area contributed by atoms with E-state index in [1.807, 2.05) is 0 Å². The van der Waals surface area contributed by atoms with Gasteiger partial charge in [0.15, 0.2) is 6.61 Å². The molecule has 1 atom stereocenters. The van der Waals surface area contributed by atoms with Crippen LogP contribution in [0.5, 0.6) is 11.5 Å². The minimum Gasteiger partial charge on any atom is -0.497 e. The van der Waals surface area contributed by atoms with Gasteiger partial charge < -0.3 is 19.5 Å². The fourth-order valence-corrected chi connectivity index (χ4v) is 3.10. The predicted molar refractivity (Wildman–Crippen MR) is 95.7 cm³/mol. The summed E-state index contributed by atoms with van der Waals surface area (Å²) in [5, 5.41) is 2.76. The van der Waals surface area contributed by atoms with Gasteiger partial charge in [-0.1, -0.05) is 11.6 Å². The molecule has 1 heterocycles. The van der Waals surface area contributed by atoms with E-state index < -0.39 is 11.9 Å². The fourth-order valence-electron chi connectivity index (χ4n) is 2.16. The maximum atomic E-state index is 12.0. The monoisotopic (exact) mass is 383 g/mol. The number of amides is 1. The van der Waals surface area contributed by atoms with Crippen LogP contribution in [-0.4, -0.2) is 32.7 Å². The first-order valence-corrected chi connectivity index (χ1v) is 8.57. The van der Waals surface area contributed by atoms with Gasteiger partial charge >= 0.3 is 5.97 Å². The molecule has 6 nitrogen and oxygen atoms in total. The van der Waals surface area contributed by atoms with Crippen molar-refractivity contribution in [3.8, 4) is 11.5 Å². The van der Waals surface area contributed by atoms with Gasteiger partial charge in [-0.2, -0.15) is 0 Å². The minimum absolute atomic E-state index is 0.348. The topological polar surface area (TPSA) is 73.9 Å². The van der Waals surface area contributed by atoms with Gasteiger partial charge in [0.05, 0.1) is 24.6 Å². The highest BCUT2D eigenvalue weighted by atomic mass is 35.5. The number of benzene rings is 1. The first kappa shape index (κ1) is 19.1. The van der Waals surface area contributed by atoms with Crippen LogP contribution in [0.4, 0.5) is 0 Å². The molecule has 2 rings (SSSR count). The summed E-state index contributed by atoms with van der Waals surface area (Å²) in [4.78, 5) is 24.2. The summed E-state index contributed by atoms with van der Waals surface area (Å²) in [5.74, 6) is 0.267. The number of esters is 1. The van der Waals surface area contributed by atoms with E-state index in [9.17, 15) is 9.59 Å². The number of ether oxygens (including phenoxy) is 3. The first-order chi connectivity index (χ1) is 11.9. The molecular weight excluding hydrogens is 366 g/mol. The molecule has 0 fully saturated rings. The molecule has 0 aliphatic rings. The number of rotatable bonds is 7. The van der Waals surface area contributed by atoms with E-state index in [2.05, 4.69) is 5.32 Å². The minimum atomic E-state index is -0.585. The van der Waals surface area contributed by atoms with Gasteiger partial charge in [0, 0.05) is 5.56 Å². The molecule has 0 aliphatic heterocycles. The van der Waals surface area contributed by atoms with Gasteiger partial charge in [-0.15, -0.1) is 11.3 Å². The van der Waals surface area contributed by atoms with Crippen molar-refractivity contribution in [2.75, 3.05) is 20.8 Å². The van der Waals surface area contributed by atoms with Crippen molar-refractivity contribution >= 4 is 34.8 Å². The third kappa shape index (κ3) is 5.11. The summed E-state index contributed by atoms with van der Waals surface area (Å²) in [6.07, 6.45) is 0. The third-order valence-electron chi connectivity index (χ3n) is 3.39. The second-order valence-electron chi connectivity index (χ2n) is 5.08. The van der Waals surface area contributed by atoms with Crippen LogP contribution < -0.4 is 14.8 Å². The van der Waals surface area contributed by atoms with Crippen LogP contribution in [0, 0.1) is 0 Å². The first-order valence-electron chi connectivity index (χ1n) is 7.38. The highest BCUT2D eigenvalue weighted by Gasteiger charge is 2.17. The number of hydrogen-bond acceptors (Lipinski definition) is 6. The average Bonchev–Trinajstić information content (AvgIpc) is 3.05. The van der Waals surface area contributed by atoms with E-state index in [0.717, 1.165) is 16.9 Å². The zero-order valence-corrected chi connectivity index (χ0v) is 15.6. The van der Waals surface area contributed by atoms with Crippen LogP contribution in [0.1, 0.15) is 28.2 Å². The quantitative estimate of drug-likeness (QED) is 0.741. The molecule has 1 unspecified atom stereocenters. The standard InChI is InChI=1S/C17H18ClNO5S/c1-10(12-8-11(22-2)4-5-13(12)23-3)19-16(20)9-24-17(21)14-6-7-15(18)25-14/h4-8,10H,9H2,1-3H3,(H,19,20). The molecule has 0 bridgehead atoms. The van der Waals surface area contributed by atoms with E-state index in [0.29, 0.717) is 20.7 Å². The summed E-state index contributed by atoms with van der Waals surface area (Å²) in [5.41, 5.74) is 0.756. The van der Waals surface area contributed by atoms with Crippen LogP contribution in [0.25, 0.3) is 0 Å². The SMILES string of the molecule is COc1ccc(OC)c(C(C)NC(=O)COC(=O)c2ccc(Cl)s2)c1. The predicted octanol–water partition coefficient (Wildman–Crippen LogP) is 3.45. The Kier molecular flexibility index (Phi) is 6.66. The Labute approximate surface area is 154 Å². The van der Waals surface area contributed by atoms with Gasteiger partial charge in [-0.3, -0.25) is 4.79 Å². The highest BCUT2D eigenvalue weighted by Crippen LogP contribution is 2.29. The lowest BCUT2D eigenvalue weighted by molar-refractivity contribution is -0.124. The van der Waals surface area contributed by atoms with E-state index in [-0.39, 0.29) is 12.6 Å². The maximum Gasteiger partial charge on any atom is 0.348 e. The van der Waals surface area contributed by atoms with Crippen molar-refractivity contribution in [1.29, 1.82) is 0 Å². The van der Waals surface area contributed by atoms with Gasteiger partial charge in [-0.05, 0) is 37.3 Å². The molecule has 1 aromatic heterocycles. The van der Waals surface area contributed by atoms with Crippen molar-refractivity contribution in [2.24, 2.45) is 0 Å². The molecule has 1 amide bonds. The highest BCUT2D eigenvalue weighted by molar-refractivity contribution is 7.17. The summed E-state index contributed by atoms with van der Waals surface area (Å²) < 4.78 is 16.0. The van der Waals surface area contributed by atoms with Crippen molar-refractivity contribution in [1.82, 2.24) is 5.32 Å². The molecule has 0 saturated heterocycles. The number of nitrogens with one attached hydrogen (secondary N) is 1. The fraction of sp³-hybridized carbons (Fsp3) is 0.294. The molecule has 1 aromatic carbocycles. The molecule has 2 aromatic rings. The van der Waals surface area contributed by atoms with Crippen LogP contribution in [0.3, 0.4) is 0 Å². The van der Waals surface area contributed by atoms with Gasteiger partial charge in [0.25, 0.3) is 5.91 Å². The normalized spacial score (nSPS) is 11.5. The van der Waals surface area contributed by atoms with Crippen molar-refractivity contribution in [2.45, 2.75) is 13.0 Å². The Morgan fingerprint density at radius 1 is 1.20 bits per heavy atom. The Hall–Kier alpha value is -2.25.